The number of hydrogen-bond acceptors (Lipinski definition) is 1. The number of nitrogens with zero attached hydrogens (tertiary/aromatic N) is 3. The van der Waals surface area contributed by atoms with Crippen LogP contribution in [0, 0.1) is 0 Å². The second-order valence-corrected chi connectivity index (χ2v) is 11.4. The van der Waals surface area contributed by atoms with Crippen LogP contribution in [0.1, 0.15) is 0 Å². The highest BCUT2D eigenvalue weighted by atomic mass is 15.1. The van der Waals surface area contributed by atoms with Crippen molar-refractivity contribution in [3.05, 3.63) is 146 Å². The SMILES string of the molecule is c1ccc(-[n+]2cc(-n3c4cccc5c4c4c6c(cccc6ccc43)-c3ccccc3-5)nc3c4ccccc4ccc32)cc1. The maximum Gasteiger partial charge on any atom is 0.237 e. The highest BCUT2D eigenvalue weighted by Crippen LogP contribution is 2.49. The molecule has 1 aliphatic carbocycles. The van der Waals surface area contributed by atoms with E-state index in [-0.39, 0.29) is 0 Å². The van der Waals surface area contributed by atoms with Gasteiger partial charge in [0.1, 0.15) is 5.52 Å². The number of fused-ring (bicyclic) bond motifs is 6. The van der Waals surface area contributed by atoms with Crippen molar-refractivity contribution in [2.45, 2.75) is 0 Å². The van der Waals surface area contributed by atoms with Crippen LogP contribution in [-0.4, -0.2) is 9.55 Å². The third kappa shape index (κ3) is 3.03. The number of hydrogen-bond donors (Lipinski definition) is 0. The second kappa shape index (κ2) is 8.37. The molecule has 0 saturated heterocycles. The lowest BCUT2D eigenvalue weighted by atomic mass is 9.93. The van der Waals surface area contributed by atoms with E-state index < -0.39 is 0 Å². The van der Waals surface area contributed by atoms with Crippen LogP contribution in [0.4, 0.5) is 0 Å². The third-order valence-corrected chi connectivity index (χ3v) is 9.18. The normalized spacial score (nSPS) is 12.2. The zero-order valence-electron chi connectivity index (χ0n) is 23.2. The predicted molar refractivity (Wildman–Crippen MR) is 177 cm³/mol. The molecule has 0 unspecified atom stereocenters. The lowest BCUT2D eigenvalue weighted by Crippen LogP contribution is -2.32. The Hall–Kier alpha value is -5.80. The van der Waals surface area contributed by atoms with E-state index in [1.165, 1.54) is 60.2 Å². The molecule has 0 atom stereocenters. The van der Waals surface area contributed by atoms with Gasteiger partial charge in [0.05, 0.1) is 11.0 Å². The Kier molecular flexibility index (Phi) is 4.45. The van der Waals surface area contributed by atoms with Gasteiger partial charge in [-0.1, -0.05) is 103 Å². The van der Waals surface area contributed by atoms with Crippen LogP contribution in [0.3, 0.4) is 0 Å². The van der Waals surface area contributed by atoms with Crippen LogP contribution in [0.5, 0.6) is 0 Å². The van der Waals surface area contributed by atoms with Gasteiger partial charge in [0, 0.05) is 34.4 Å². The van der Waals surface area contributed by atoms with Crippen molar-refractivity contribution in [3.63, 3.8) is 0 Å². The van der Waals surface area contributed by atoms with E-state index in [0.717, 1.165) is 27.9 Å². The fourth-order valence-corrected chi connectivity index (χ4v) is 7.37. The molecule has 3 nitrogen and oxygen atoms in total. The van der Waals surface area contributed by atoms with Crippen molar-refractivity contribution < 1.29 is 4.57 Å². The van der Waals surface area contributed by atoms with E-state index in [1.807, 2.05) is 0 Å². The van der Waals surface area contributed by atoms with E-state index in [0.29, 0.717) is 0 Å². The highest BCUT2D eigenvalue weighted by Gasteiger charge is 2.26. The summed E-state index contributed by atoms with van der Waals surface area (Å²) < 4.78 is 4.66. The average molecular weight is 547 g/mol. The predicted octanol–water partition coefficient (Wildman–Crippen LogP) is 9.56. The molecule has 0 amide bonds. The van der Waals surface area contributed by atoms with Crippen LogP contribution in [-0.2, 0) is 0 Å². The summed E-state index contributed by atoms with van der Waals surface area (Å²) in [6.07, 6.45) is 2.20. The van der Waals surface area contributed by atoms with Crippen LogP contribution in [0.15, 0.2) is 146 Å². The van der Waals surface area contributed by atoms with Gasteiger partial charge in [0.15, 0.2) is 0 Å². The molecule has 0 spiro atoms. The molecule has 0 N–H and O–H groups in total. The average Bonchev–Trinajstić information content (AvgIpc) is 3.36. The number of para-hydroxylation sites is 1. The first kappa shape index (κ1) is 22.8. The Labute approximate surface area is 247 Å². The molecule has 198 valence electrons. The Morgan fingerprint density at radius 1 is 0.465 bits per heavy atom. The van der Waals surface area contributed by atoms with Crippen LogP contribution in [0.25, 0.3) is 88.1 Å². The molecule has 0 radical (unpaired) electrons. The van der Waals surface area contributed by atoms with Gasteiger partial charge in [0.25, 0.3) is 0 Å². The van der Waals surface area contributed by atoms with Gasteiger partial charge < -0.3 is 0 Å². The smallest absolute Gasteiger partial charge is 0.237 e. The summed E-state index contributed by atoms with van der Waals surface area (Å²) in [5.74, 6) is 0.899. The number of aromatic nitrogens is 3. The molecule has 2 aromatic heterocycles. The molecular weight excluding hydrogens is 522 g/mol. The fourth-order valence-electron chi connectivity index (χ4n) is 7.37. The van der Waals surface area contributed by atoms with E-state index in [2.05, 4.69) is 155 Å². The standard InChI is InChI=1S/C40H24N3/c1-2-12-27(13-3-1)42-24-36(41-40-28-14-5-4-10-25(28)20-23-35(40)42)43-33-19-9-18-32-30-16-7-6-15-29(30)31-17-8-11-26-21-22-34(43)39(37(26)31)38(32)33/h1-24H/q+1. The van der Waals surface area contributed by atoms with Crippen molar-refractivity contribution >= 4 is 54.4 Å². The molecule has 2 heterocycles. The zero-order chi connectivity index (χ0) is 28.1. The quantitative estimate of drug-likeness (QED) is 0.156. The van der Waals surface area contributed by atoms with Crippen molar-refractivity contribution in [3.8, 4) is 33.8 Å². The van der Waals surface area contributed by atoms with Crippen LogP contribution >= 0.6 is 0 Å². The Bertz CT molecular complexity index is 2610. The summed E-state index contributed by atoms with van der Waals surface area (Å²) in [6.45, 7) is 0. The van der Waals surface area contributed by atoms with Crippen molar-refractivity contribution in [2.75, 3.05) is 0 Å². The molecule has 7 aromatic carbocycles. The van der Waals surface area contributed by atoms with E-state index in [1.54, 1.807) is 0 Å². The largest absolute Gasteiger partial charge is 0.289 e. The Balaban J connectivity index is 1.42. The summed E-state index contributed by atoms with van der Waals surface area (Å²) >= 11 is 0. The first-order valence-corrected chi connectivity index (χ1v) is 14.7. The van der Waals surface area contributed by atoms with Gasteiger partial charge in [-0.05, 0) is 56.6 Å². The summed E-state index contributed by atoms with van der Waals surface area (Å²) in [6, 6.07) is 50.3. The van der Waals surface area contributed by atoms with Crippen molar-refractivity contribution in [1.29, 1.82) is 0 Å². The molecular formula is C40H24N3+. The molecule has 43 heavy (non-hydrogen) atoms. The molecule has 0 fully saturated rings. The second-order valence-electron chi connectivity index (χ2n) is 11.4. The van der Waals surface area contributed by atoms with Gasteiger partial charge in [-0.2, -0.15) is 4.57 Å². The molecule has 10 rings (SSSR count). The monoisotopic (exact) mass is 546 g/mol. The summed E-state index contributed by atoms with van der Waals surface area (Å²) in [5, 5.41) is 7.48. The number of rotatable bonds is 2. The minimum Gasteiger partial charge on any atom is -0.289 e. The highest BCUT2D eigenvalue weighted by molar-refractivity contribution is 6.30. The topological polar surface area (TPSA) is 21.7 Å². The Morgan fingerprint density at radius 2 is 1.12 bits per heavy atom. The van der Waals surface area contributed by atoms with Crippen molar-refractivity contribution in [1.82, 2.24) is 9.55 Å². The van der Waals surface area contributed by atoms with E-state index >= 15 is 0 Å². The lowest BCUT2D eigenvalue weighted by Gasteiger charge is -2.13. The fraction of sp³-hybridized carbons (Fsp3) is 0. The first-order chi connectivity index (χ1) is 21.3. The van der Waals surface area contributed by atoms with Crippen molar-refractivity contribution in [2.24, 2.45) is 0 Å². The zero-order valence-corrected chi connectivity index (χ0v) is 23.2. The minimum absolute atomic E-state index is 0.899. The van der Waals surface area contributed by atoms with E-state index in [4.69, 9.17) is 4.98 Å². The number of benzene rings is 7. The third-order valence-electron chi connectivity index (χ3n) is 9.18. The van der Waals surface area contributed by atoms with E-state index in [9.17, 15) is 0 Å². The summed E-state index contributed by atoms with van der Waals surface area (Å²) in [4.78, 5) is 5.47. The van der Waals surface area contributed by atoms with Gasteiger partial charge in [-0.3, -0.25) is 4.57 Å². The van der Waals surface area contributed by atoms with Crippen LogP contribution in [0.2, 0.25) is 0 Å². The maximum absolute atomic E-state index is 5.47. The minimum atomic E-state index is 0.899. The lowest BCUT2D eigenvalue weighted by molar-refractivity contribution is -0.567. The first-order valence-electron chi connectivity index (χ1n) is 14.7. The molecule has 3 heteroatoms. The van der Waals surface area contributed by atoms with Gasteiger partial charge in [-0.15, -0.1) is 0 Å². The maximum atomic E-state index is 5.47. The van der Waals surface area contributed by atoms with Gasteiger partial charge >= 0.3 is 0 Å². The molecule has 1 aliphatic rings. The molecule has 0 bridgehead atoms. The Morgan fingerprint density at radius 3 is 1.98 bits per heavy atom. The van der Waals surface area contributed by atoms with Gasteiger partial charge in [0.2, 0.25) is 23.2 Å². The van der Waals surface area contributed by atoms with Crippen LogP contribution < -0.4 is 4.57 Å². The summed E-state index contributed by atoms with van der Waals surface area (Å²) in [7, 11) is 0. The summed E-state index contributed by atoms with van der Waals surface area (Å²) in [5.41, 5.74) is 10.6. The molecule has 0 aliphatic heterocycles. The van der Waals surface area contributed by atoms with Gasteiger partial charge in [-0.25, -0.2) is 4.98 Å². The molecule has 9 aromatic rings. The molecule has 0 saturated carbocycles.